The second-order valence-corrected chi connectivity index (χ2v) is 4.97. The van der Waals surface area contributed by atoms with Gasteiger partial charge < -0.3 is 9.88 Å². The van der Waals surface area contributed by atoms with Gasteiger partial charge in [0.25, 0.3) is 0 Å². The van der Waals surface area contributed by atoms with Crippen molar-refractivity contribution in [2.24, 2.45) is 0 Å². The van der Waals surface area contributed by atoms with E-state index in [1.54, 1.807) is 24.3 Å². The molecule has 0 spiro atoms. The first-order valence-electron chi connectivity index (χ1n) is 6.45. The lowest BCUT2D eigenvalue weighted by atomic mass is 10.1. The molecule has 1 saturated heterocycles. The number of hydrogen-bond acceptors (Lipinski definition) is 1. The van der Waals surface area contributed by atoms with Crippen LogP contribution in [0.5, 0.6) is 0 Å². The molecule has 1 aromatic carbocycles. The van der Waals surface area contributed by atoms with E-state index in [2.05, 4.69) is 9.88 Å². The van der Waals surface area contributed by atoms with Crippen molar-refractivity contribution in [3.63, 3.8) is 0 Å². The van der Waals surface area contributed by atoms with E-state index in [1.807, 2.05) is 0 Å². The fourth-order valence-corrected chi connectivity index (χ4v) is 2.58. The van der Waals surface area contributed by atoms with Crippen LogP contribution in [0.15, 0.2) is 24.3 Å². The summed E-state index contributed by atoms with van der Waals surface area (Å²) in [7, 11) is 0. The summed E-state index contributed by atoms with van der Waals surface area (Å²) in [6.45, 7) is 2.71. The fourth-order valence-electron chi connectivity index (χ4n) is 2.58. The molecule has 1 aliphatic heterocycles. The molecule has 19 heavy (non-hydrogen) atoms. The molecule has 1 fully saturated rings. The molecule has 0 unspecified atom stereocenters. The molecule has 1 aromatic heterocycles. The summed E-state index contributed by atoms with van der Waals surface area (Å²) < 4.78 is 39.2. The van der Waals surface area contributed by atoms with Crippen LogP contribution in [0.4, 0.5) is 13.2 Å². The molecule has 3 rings (SSSR count). The number of benzene rings is 1. The van der Waals surface area contributed by atoms with Crippen LogP contribution in [0.3, 0.4) is 0 Å². The van der Waals surface area contributed by atoms with Crippen molar-refractivity contribution < 1.29 is 13.2 Å². The summed E-state index contributed by atoms with van der Waals surface area (Å²) in [5.74, 6) is 0. The van der Waals surface area contributed by atoms with Crippen LogP contribution in [0, 0.1) is 0 Å². The first-order chi connectivity index (χ1) is 9.05. The van der Waals surface area contributed by atoms with E-state index < -0.39 is 11.9 Å². The lowest BCUT2D eigenvalue weighted by Crippen LogP contribution is -2.38. The Morgan fingerprint density at radius 1 is 1.16 bits per heavy atom. The van der Waals surface area contributed by atoms with E-state index >= 15 is 0 Å². The molecule has 0 bridgehead atoms. The van der Waals surface area contributed by atoms with Crippen LogP contribution >= 0.6 is 0 Å². The van der Waals surface area contributed by atoms with Gasteiger partial charge in [-0.15, -0.1) is 0 Å². The van der Waals surface area contributed by atoms with Crippen LogP contribution in [-0.2, 0) is 12.6 Å². The van der Waals surface area contributed by atoms with Crippen LogP contribution in [0.2, 0.25) is 0 Å². The maximum absolute atomic E-state index is 13.1. The van der Waals surface area contributed by atoms with Gasteiger partial charge in [-0.1, -0.05) is 18.2 Å². The zero-order chi connectivity index (χ0) is 13.5. The number of halogens is 3. The lowest BCUT2D eigenvalue weighted by molar-refractivity contribution is -0.141. The molecule has 0 atom stereocenters. The molecule has 0 amide bonds. The van der Waals surface area contributed by atoms with Gasteiger partial charge in [-0.05, 0) is 37.6 Å². The van der Waals surface area contributed by atoms with Gasteiger partial charge in [0.1, 0.15) is 5.69 Å². The maximum Gasteiger partial charge on any atom is 0.431 e. The highest BCUT2D eigenvalue weighted by Gasteiger charge is 2.36. The van der Waals surface area contributed by atoms with Crippen molar-refractivity contribution in [3.8, 4) is 0 Å². The highest BCUT2D eigenvalue weighted by atomic mass is 19.4. The molecular formula is C14H15F3N2. The van der Waals surface area contributed by atoms with E-state index in [4.69, 9.17) is 0 Å². The van der Waals surface area contributed by atoms with E-state index in [9.17, 15) is 13.2 Å². The third-order valence-corrected chi connectivity index (χ3v) is 3.72. The van der Waals surface area contributed by atoms with Gasteiger partial charge in [-0.2, -0.15) is 13.2 Å². The number of nitrogens with one attached hydrogen (secondary N) is 1. The monoisotopic (exact) mass is 268 g/mol. The first-order valence-corrected chi connectivity index (χ1v) is 6.45. The Labute approximate surface area is 109 Å². The Bertz CT molecular complexity index is 582. The van der Waals surface area contributed by atoms with E-state index in [0.29, 0.717) is 29.4 Å². The largest absolute Gasteiger partial charge is 0.431 e. The molecule has 0 saturated carbocycles. The van der Waals surface area contributed by atoms with Gasteiger partial charge in [0.15, 0.2) is 0 Å². The second-order valence-electron chi connectivity index (χ2n) is 4.97. The molecule has 0 aliphatic carbocycles. The number of H-pyrrole nitrogens is 1. The minimum atomic E-state index is -4.32. The smallest absolute Gasteiger partial charge is 0.351 e. The average molecular weight is 268 g/mol. The van der Waals surface area contributed by atoms with Crippen molar-refractivity contribution in [2.45, 2.75) is 19.0 Å². The highest BCUT2D eigenvalue weighted by molar-refractivity contribution is 5.84. The molecule has 1 aliphatic rings. The number of nitrogens with zero attached hydrogens (tertiary/aromatic N) is 1. The van der Waals surface area contributed by atoms with Crippen molar-refractivity contribution >= 4 is 10.9 Å². The van der Waals surface area contributed by atoms with Crippen LogP contribution in [0.25, 0.3) is 10.9 Å². The second kappa shape index (κ2) is 4.56. The molecule has 2 heterocycles. The number of likely N-dealkylation sites (tertiary alicyclic amines) is 1. The van der Waals surface area contributed by atoms with Crippen molar-refractivity contribution in [2.75, 3.05) is 19.6 Å². The van der Waals surface area contributed by atoms with Crippen molar-refractivity contribution in [1.82, 2.24) is 9.88 Å². The van der Waals surface area contributed by atoms with Gasteiger partial charge in [0.2, 0.25) is 0 Å². The molecule has 0 radical (unpaired) electrons. The van der Waals surface area contributed by atoms with Gasteiger partial charge >= 0.3 is 6.18 Å². The standard InChI is InChI=1S/C14H15F3N2/c15-14(16,17)13-11(6-9-19-7-3-8-19)10-4-1-2-5-12(10)18-13/h1-2,4-5,18H,3,6-9H2. The van der Waals surface area contributed by atoms with E-state index in [-0.39, 0.29) is 0 Å². The number of aromatic amines is 1. The normalized spacial score (nSPS) is 16.8. The molecular weight excluding hydrogens is 253 g/mol. The van der Waals surface area contributed by atoms with Crippen molar-refractivity contribution in [3.05, 3.63) is 35.5 Å². The SMILES string of the molecule is FC(F)(F)c1[nH]c2ccccc2c1CCN1CCC1. The fraction of sp³-hybridized carbons (Fsp3) is 0.429. The number of rotatable bonds is 3. The number of hydrogen-bond donors (Lipinski definition) is 1. The average Bonchev–Trinajstić information content (AvgIpc) is 2.66. The van der Waals surface area contributed by atoms with Crippen LogP contribution in [0.1, 0.15) is 17.7 Å². The van der Waals surface area contributed by atoms with Crippen LogP contribution < -0.4 is 0 Å². The van der Waals surface area contributed by atoms with Gasteiger partial charge in [0, 0.05) is 17.4 Å². The summed E-state index contributed by atoms with van der Waals surface area (Å²) in [6, 6.07) is 6.98. The predicted octanol–water partition coefficient (Wildman–Crippen LogP) is 3.43. The number of alkyl halides is 3. The minimum absolute atomic E-state index is 0.398. The van der Waals surface area contributed by atoms with Crippen LogP contribution in [-0.4, -0.2) is 29.5 Å². The number of para-hydroxylation sites is 1. The van der Waals surface area contributed by atoms with Crippen molar-refractivity contribution in [1.29, 1.82) is 0 Å². The van der Waals surface area contributed by atoms with E-state index in [1.165, 1.54) is 0 Å². The van der Waals surface area contributed by atoms with E-state index in [0.717, 1.165) is 19.5 Å². The third-order valence-electron chi connectivity index (χ3n) is 3.72. The summed E-state index contributed by atoms with van der Waals surface area (Å²) in [5.41, 5.74) is 0.373. The molecule has 5 heteroatoms. The minimum Gasteiger partial charge on any atom is -0.351 e. The molecule has 2 aromatic rings. The van der Waals surface area contributed by atoms with Gasteiger partial charge in [-0.25, -0.2) is 0 Å². The zero-order valence-electron chi connectivity index (χ0n) is 10.4. The summed E-state index contributed by atoms with van der Waals surface area (Å²) in [4.78, 5) is 4.70. The Morgan fingerprint density at radius 3 is 2.53 bits per heavy atom. The molecule has 102 valence electrons. The Balaban J connectivity index is 1.97. The topological polar surface area (TPSA) is 19.0 Å². The highest BCUT2D eigenvalue weighted by Crippen LogP contribution is 2.35. The van der Waals surface area contributed by atoms with Gasteiger partial charge in [-0.3, -0.25) is 0 Å². The lowest BCUT2D eigenvalue weighted by Gasteiger charge is -2.30. The quantitative estimate of drug-likeness (QED) is 0.903. The number of aromatic nitrogens is 1. The summed E-state index contributed by atoms with van der Waals surface area (Å²) >= 11 is 0. The predicted molar refractivity (Wildman–Crippen MR) is 68.1 cm³/mol. The zero-order valence-corrected chi connectivity index (χ0v) is 10.4. The maximum atomic E-state index is 13.1. The first kappa shape index (κ1) is 12.5. The Kier molecular flexibility index (Phi) is 3.01. The van der Waals surface area contributed by atoms with Gasteiger partial charge in [0.05, 0.1) is 0 Å². The Hall–Kier alpha value is -1.49. The number of fused-ring (bicyclic) bond motifs is 1. The third kappa shape index (κ3) is 2.34. The molecule has 2 nitrogen and oxygen atoms in total. The molecule has 1 N–H and O–H groups in total. The summed E-state index contributed by atoms with van der Waals surface area (Å²) in [5, 5.41) is 0.690. The Morgan fingerprint density at radius 2 is 1.89 bits per heavy atom. The summed E-state index contributed by atoms with van der Waals surface area (Å²) in [6.07, 6.45) is -2.72.